The fraction of sp³-hybridized carbons (Fsp3) is 0.907. The number of carbonyl (C=O) groups is 2. The molecule has 0 radical (unpaired) electrons. The van der Waals surface area contributed by atoms with Crippen LogP contribution in [-0.2, 0) is 28.2 Å². The molecule has 1 aliphatic rings. The zero-order chi connectivity index (χ0) is 40.6. The summed E-state index contributed by atoms with van der Waals surface area (Å²) in [5, 5.41) is 31.3. The highest BCUT2D eigenvalue weighted by molar-refractivity contribution is 7.46. The Kier molecular flexibility index (Phi) is 31.6. The van der Waals surface area contributed by atoms with E-state index in [9.17, 15) is 29.5 Å². The molecule has 1 aliphatic carbocycles. The van der Waals surface area contributed by atoms with Gasteiger partial charge < -0.3 is 34.6 Å². The molecule has 0 spiro atoms. The van der Waals surface area contributed by atoms with E-state index < -0.39 is 50.8 Å². The van der Waals surface area contributed by atoms with Gasteiger partial charge in [-0.05, 0) is 31.6 Å². The van der Waals surface area contributed by atoms with Gasteiger partial charge in [0.15, 0.2) is 6.10 Å². The monoisotopic (exact) mass is 805 g/mol. The second-order valence-electron chi connectivity index (χ2n) is 16.0. The van der Waals surface area contributed by atoms with Gasteiger partial charge >= 0.3 is 19.8 Å². The van der Waals surface area contributed by atoms with E-state index in [-0.39, 0.29) is 31.3 Å². The Bertz CT molecular complexity index is 1020. The van der Waals surface area contributed by atoms with Gasteiger partial charge in [0.1, 0.15) is 6.61 Å². The maximum atomic E-state index is 12.5. The van der Waals surface area contributed by atoms with Crippen LogP contribution in [0, 0.1) is 11.8 Å². The number of ether oxygens (including phenoxy) is 2. The minimum atomic E-state index is -4.81. The van der Waals surface area contributed by atoms with Crippen molar-refractivity contribution in [2.45, 2.75) is 224 Å². The number of aliphatic hydroxyl groups is 3. The van der Waals surface area contributed by atoms with Gasteiger partial charge in [0.05, 0.1) is 24.9 Å². The van der Waals surface area contributed by atoms with Crippen molar-refractivity contribution in [2.75, 3.05) is 13.2 Å². The zero-order valence-electron chi connectivity index (χ0n) is 34.7. The first kappa shape index (κ1) is 51.7. The standard InChI is InChI=1S/C43H81O11P/c1-3-5-7-8-9-10-11-12-13-14-15-16-17-18-19-20-25-29-42(47)52-34-37(35-53-55(49,50)51)54-43(48)30-26-22-21-24-28-38-39(41(46)33-40(38)45)32-31-36(44)27-23-6-4-2/h31-32,36-41,44-46H,3-30,33-35H2,1-2H3,(H2,49,50,51)/b32-31+/t36-,37+,38+,39+,40-,41+/m0/s1. The number of carbonyl (C=O) groups excluding carboxylic acids is 2. The molecule has 324 valence electrons. The summed E-state index contributed by atoms with van der Waals surface area (Å²) in [7, 11) is -4.81. The number of aliphatic hydroxyl groups excluding tert-OH is 3. The molecule has 55 heavy (non-hydrogen) atoms. The van der Waals surface area contributed by atoms with Crippen molar-refractivity contribution >= 4 is 19.8 Å². The molecule has 12 heteroatoms. The lowest BCUT2D eigenvalue weighted by Crippen LogP contribution is -2.29. The number of esters is 2. The quantitative estimate of drug-likeness (QED) is 0.0175. The van der Waals surface area contributed by atoms with Crippen LogP contribution >= 0.6 is 7.82 Å². The SMILES string of the molecule is CCCCCCCCCCCCCCCCCCCC(=O)OC[C@H](COP(=O)(O)O)OC(=O)CCCCCC[C@@H]1[C@@H](/C=C/[C@@H](O)CCCCC)[C@H](O)C[C@@H]1O. The van der Waals surface area contributed by atoms with Gasteiger partial charge in [0.25, 0.3) is 0 Å². The molecule has 0 bridgehead atoms. The lowest BCUT2D eigenvalue weighted by atomic mass is 9.88. The Morgan fingerprint density at radius 3 is 1.65 bits per heavy atom. The molecule has 1 saturated carbocycles. The van der Waals surface area contributed by atoms with E-state index in [0.29, 0.717) is 25.7 Å². The second kappa shape index (κ2) is 33.6. The summed E-state index contributed by atoms with van der Waals surface area (Å²) in [5.41, 5.74) is 0. The van der Waals surface area contributed by atoms with Crippen molar-refractivity contribution < 1.29 is 53.3 Å². The van der Waals surface area contributed by atoms with E-state index in [1.54, 1.807) is 6.08 Å². The van der Waals surface area contributed by atoms with Gasteiger partial charge in [-0.15, -0.1) is 0 Å². The van der Waals surface area contributed by atoms with Crippen LogP contribution in [0.1, 0.15) is 200 Å². The van der Waals surface area contributed by atoms with E-state index in [1.807, 2.05) is 6.08 Å². The van der Waals surface area contributed by atoms with Crippen LogP contribution in [0.5, 0.6) is 0 Å². The third-order valence-electron chi connectivity index (χ3n) is 10.9. The first-order valence-electron chi connectivity index (χ1n) is 22.2. The summed E-state index contributed by atoms with van der Waals surface area (Å²) in [6.07, 6.45) is 30.0. The fourth-order valence-electron chi connectivity index (χ4n) is 7.53. The molecule has 6 atom stereocenters. The average Bonchev–Trinajstić information content (AvgIpc) is 3.41. The van der Waals surface area contributed by atoms with Crippen molar-refractivity contribution in [1.29, 1.82) is 0 Å². The van der Waals surface area contributed by atoms with Crippen LogP contribution in [0.2, 0.25) is 0 Å². The van der Waals surface area contributed by atoms with Crippen molar-refractivity contribution in [3.8, 4) is 0 Å². The van der Waals surface area contributed by atoms with E-state index in [2.05, 4.69) is 18.4 Å². The maximum absolute atomic E-state index is 12.5. The summed E-state index contributed by atoms with van der Waals surface area (Å²) in [4.78, 5) is 43.1. The van der Waals surface area contributed by atoms with Gasteiger partial charge in [-0.25, -0.2) is 4.57 Å². The average molecular weight is 805 g/mol. The summed E-state index contributed by atoms with van der Waals surface area (Å²) in [6.45, 7) is 3.43. The predicted octanol–water partition coefficient (Wildman–Crippen LogP) is 9.79. The highest BCUT2D eigenvalue weighted by Gasteiger charge is 2.39. The Morgan fingerprint density at radius 2 is 1.13 bits per heavy atom. The number of unbranched alkanes of at least 4 members (excludes halogenated alkanes) is 21. The first-order valence-corrected chi connectivity index (χ1v) is 23.8. The third kappa shape index (κ3) is 29.5. The number of phosphoric ester groups is 1. The van der Waals surface area contributed by atoms with Crippen LogP contribution in [-0.4, -0.2) is 74.7 Å². The number of hydrogen-bond acceptors (Lipinski definition) is 9. The molecule has 1 rings (SSSR count). The van der Waals surface area contributed by atoms with Crippen LogP contribution < -0.4 is 0 Å². The molecule has 0 amide bonds. The highest BCUT2D eigenvalue weighted by Crippen LogP contribution is 2.38. The molecule has 0 unspecified atom stereocenters. The molecule has 0 aromatic rings. The highest BCUT2D eigenvalue weighted by atomic mass is 31.2. The smallest absolute Gasteiger partial charge is 0.462 e. The normalized spacial score (nSPS) is 19.9. The predicted molar refractivity (Wildman–Crippen MR) is 218 cm³/mol. The Labute approximate surface area is 334 Å². The summed E-state index contributed by atoms with van der Waals surface area (Å²) >= 11 is 0. The van der Waals surface area contributed by atoms with E-state index in [0.717, 1.165) is 64.2 Å². The summed E-state index contributed by atoms with van der Waals surface area (Å²) in [5.74, 6) is -1.31. The number of hydrogen-bond donors (Lipinski definition) is 5. The molecule has 1 fully saturated rings. The van der Waals surface area contributed by atoms with Gasteiger partial charge in [-0.2, -0.15) is 0 Å². The minimum Gasteiger partial charge on any atom is -0.462 e. The van der Waals surface area contributed by atoms with E-state index in [4.69, 9.17) is 19.3 Å². The molecule has 0 aromatic heterocycles. The Balaban J connectivity index is 2.22. The summed E-state index contributed by atoms with van der Waals surface area (Å²) < 4.78 is 26.5. The maximum Gasteiger partial charge on any atom is 0.469 e. The molecule has 0 heterocycles. The topological polar surface area (TPSA) is 180 Å². The van der Waals surface area contributed by atoms with Gasteiger partial charge in [-0.3, -0.25) is 14.1 Å². The molecular weight excluding hydrogens is 723 g/mol. The lowest BCUT2D eigenvalue weighted by molar-refractivity contribution is -0.161. The molecule has 5 N–H and O–H groups in total. The second-order valence-corrected chi connectivity index (χ2v) is 17.2. The van der Waals surface area contributed by atoms with Gasteiger partial charge in [0.2, 0.25) is 0 Å². The van der Waals surface area contributed by atoms with E-state index >= 15 is 0 Å². The third-order valence-corrected chi connectivity index (χ3v) is 11.4. The van der Waals surface area contributed by atoms with Crippen molar-refractivity contribution in [2.24, 2.45) is 11.8 Å². The number of rotatable bonds is 37. The molecule has 11 nitrogen and oxygen atoms in total. The molecule has 0 aliphatic heterocycles. The fourth-order valence-corrected chi connectivity index (χ4v) is 7.89. The van der Waals surface area contributed by atoms with E-state index in [1.165, 1.54) is 83.5 Å². The number of phosphoric acid groups is 1. The van der Waals surface area contributed by atoms with Crippen molar-refractivity contribution in [3.63, 3.8) is 0 Å². The van der Waals surface area contributed by atoms with Crippen LogP contribution in [0.3, 0.4) is 0 Å². The Hall–Kier alpha value is -1.33. The first-order chi connectivity index (χ1) is 26.5. The van der Waals surface area contributed by atoms with Crippen molar-refractivity contribution in [3.05, 3.63) is 12.2 Å². The van der Waals surface area contributed by atoms with Crippen LogP contribution in [0.25, 0.3) is 0 Å². The van der Waals surface area contributed by atoms with Crippen molar-refractivity contribution in [1.82, 2.24) is 0 Å². The van der Waals surface area contributed by atoms with Crippen LogP contribution in [0.4, 0.5) is 0 Å². The van der Waals surface area contributed by atoms with Gasteiger partial charge in [0, 0.05) is 25.2 Å². The summed E-state index contributed by atoms with van der Waals surface area (Å²) in [6, 6.07) is 0. The molecular formula is C43H81O11P. The Morgan fingerprint density at radius 1 is 0.655 bits per heavy atom. The zero-order valence-corrected chi connectivity index (χ0v) is 35.6. The van der Waals surface area contributed by atoms with Crippen LogP contribution in [0.15, 0.2) is 12.2 Å². The lowest BCUT2D eigenvalue weighted by Gasteiger charge is -2.21. The molecule has 0 saturated heterocycles. The molecule has 0 aromatic carbocycles. The largest absolute Gasteiger partial charge is 0.469 e. The van der Waals surface area contributed by atoms with Gasteiger partial charge in [-0.1, -0.05) is 167 Å². The minimum absolute atomic E-state index is 0.0890.